The maximum atomic E-state index is 12.9. The van der Waals surface area contributed by atoms with Gasteiger partial charge in [0.25, 0.3) is 0 Å². The Morgan fingerprint density at radius 1 is 1.02 bits per heavy atom. The minimum atomic E-state index is -0.243. The smallest absolute Gasteiger partial charge is 0.248 e. The summed E-state index contributed by atoms with van der Waals surface area (Å²) in [6, 6.07) is 9.39. The van der Waals surface area contributed by atoms with Gasteiger partial charge in [-0.15, -0.1) is 0 Å². The lowest BCUT2D eigenvalue weighted by Gasteiger charge is -2.29. The first-order valence-electron chi connectivity index (χ1n) is 14.9. The molecule has 0 atom stereocenters. The van der Waals surface area contributed by atoms with E-state index in [-0.39, 0.29) is 5.91 Å². The van der Waals surface area contributed by atoms with Crippen molar-refractivity contribution in [2.75, 3.05) is 76.7 Å². The van der Waals surface area contributed by atoms with Crippen molar-refractivity contribution in [1.29, 1.82) is 0 Å². The minimum absolute atomic E-state index is 0.243. The molecule has 244 valence electrons. The van der Waals surface area contributed by atoms with Crippen molar-refractivity contribution < 1.29 is 19.0 Å². The number of ether oxygens (including phenoxy) is 3. The number of pyridine rings is 1. The van der Waals surface area contributed by atoms with Crippen molar-refractivity contribution >= 4 is 68.8 Å². The summed E-state index contributed by atoms with van der Waals surface area (Å²) >= 11 is 13.6. The number of halogens is 2. The third-order valence-electron chi connectivity index (χ3n) is 7.67. The van der Waals surface area contributed by atoms with E-state index in [1.165, 1.54) is 20.3 Å². The molecule has 1 aliphatic heterocycles. The van der Waals surface area contributed by atoms with Crippen molar-refractivity contribution in [3.8, 4) is 22.6 Å². The highest BCUT2D eigenvalue weighted by molar-refractivity contribution is 6.41. The zero-order chi connectivity index (χ0) is 33.1. The van der Waals surface area contributed by atoms with Crippen LogP contribution in [0.2, 0.25) is 10.0 Å². The number of anilines is 4. The van der Waals surface area contributed by atoms with Gasteiger partial charge in [-0.05, 0) is 38.4 Å². The lowest BCUT2D eigenvalue weighted by Crippen LogP contribution is -2.36. The number of likely N-dealkylation sites (N-methyl/N-ethyl adjacent to an activating group) is 1. The number of carbonyl (C=O) groups is 1. The molecule has 0 spiro atoms. The third kappa shape index (κ3) is 6.77. The molecule has 6 rings (SSSR count). The Morgan fingerprint density at radius 2 is 1.77 bits per heavy atom. The summed E-state index contributed by atoms with van der Waals surface area (Å²) in [6.07, 6.45) is 8.53. The van der Waals surface area contributed by atoms with Gasteiger partial charge in [-0.1, -0.05) is 29.3 Å². The van der Waals surface area contributed by atoms with Crippen LogP contribution in [0.15, 0.2) is 61.1 Å². The van der Waals surface area contributed by atoms with Crippen LogP contribution in [0.5, 0.6) is 11.5 Å². The molecule has 1 fully saturated rings. The maximum Gasteiger partial charge on any atom is 0.248 e. The van der Waals surface area contributed by atoms with Gasteiger partial charge in [-0.2, -0.15) is 4.98 Å². The Balaban J connectivity index is 1.38. The average molecular weight is 678 g/mol. The predicted octanol–water partition coefficient (Wildman–Crippen LogP) is 5.91. The fourth-order valence-electron chi connectivity index (χ4n) is 5.37. The second-order valence-electron chi connectivity index (χ2n) is 11.0. The molecule has 2 aromatic carbocycles. The quantitative estimate of drug-likeness (QED) is 0.173. The van der Waals surface area contributed by atoms with Crippen LogP contribution in [0, 0.1) is 0 Å². The fraction of sp³-hybridized carbons (Fsp3) is 0.273. The summed E-state index contributed by atoms with van der Waals surface area (Å²) in [6.45, 7) is 3.46. The lowest BCUT2D eigenvalue weighted by molar-refractivity contribution is -0.111. The SMILES string of the molecule is COc1cc(OC)c(Cl)c(-c2cc3cnc(Nc4ccc(N5CCOCC5)cc4NC(=O)/C=C/CN(C)C)nc3n3ccnc23)c1Cl. The molecule has 0 unspecified atom stereocenters. The number of hydrogen-bond donors (Lipinski definition) is 2. The molecule has 0 saturated carbocycles. The number of aromatic nitrogens is 4. The highest BCUT2D eigenvalue weighted by Crippen LogP contribution is 2.47. The Hall–Kier alpha value is -4.62. The molecule has 12 nitrogen and oxygen atoms in total. The van der Waals surface area contributed by atoms with Crippen LogP contribution in [-0.2, 0) is 9.53 Å². The zero-order valence-corrected chi connectivity index (χ0v) is 27.9. The molecular weight excluding hydrogens is 643 g/mol. The van der Waals surface area contributed by atoms with E-state index in [1.54, 1.807) is 24.7 Å². The monoisotopic (exact) mass is 676 g/mol. The first-order chi connectivity index (χ1) is 22.8. The number of fused-ring (bicyclic) bond motifs is 3. The minimum Gasteiger partial charge on any atom is -0.495 e. The van der Waals surface area contributed by atoms with Crippen LogP contribution < -0.4 is 25.0 Å². The summed E-state index contributed by atoms with van der Waals surface area (Å²) in [5.74, 6) is 0.920. The maximum absolute atomic E-state index is 12.9. The van der Waals surface area contributed by atoms with Crippen molar-refractivity contribution in [2.45, 2.75) is 0 Å². The molecular formula is C33H34Cl2N8O4. The fourth-order valence-corrected chi connectivity index (χ4v) is 6.07. The second-order valence-corrected chi connectivity index (χ2v) is 11.8. The van der Waals surface area contributed by atoms with Crippen LogP contribution in [0.3, 0.4) is 0 Å². The highest BCUT2D eigenvalue weighted by atomic mass is 35.5. The number of methoxy groups -OCH3 is 2. The zero-order valence-electron chi connectivity index (χ0n) is 26.4. The van der Waals surface area contributed by atoms with Gasteiger partial charge in [0.1, 0.15) is 17.1 Å². The van der Waals surface area contributed by atoms with Gasteiger partial charge in [0, 0.05) is 72.6 Å². The van der Waals surface area contributed by atoms with E-state index in [0.29, 0.717) is 86.4 Å². The van der Waals surface area contributed by atoms with Crippen LogP contribution >= 0.6 is 23.2 Å². The Bertz CT molecular complexity index is 1950. The van der Waals surface area contributed by atoms with Crippen LogP contribution in [-0.4, -0.2) is 91.3 Å². The summed E-state index contributed by atoms with van der Waals surface area (Å²) in [7, 11) is 6.94. The Labute approximate surface area is 281 Å². The molecule has 2 N–H and O–H groups in total. The Kier molecular flexibility index (Phi) is 9.64. The van der Waals surface area contributed by atoms with E-state index in [4.69, 9.17) is 42.4 Å². The number of imidazole rings is 1. The number of rotatable bonds is 10. The van der Waals surface area contributed by atoms with Crippen LogP contribution in [0.1, 0.15) is 0 Å². The van der Waals surface area contributed by atoms with Gasteiger partial charge >= 0.3 is 0 Å². The Morgan fingerprint density at radius 3 is 2.47 bits per heavy atom. The van der Waals surface area contributed by atoms with E-state index in [9.17, 15) is 4.79 Å². The summed E-state index contributed by atoms with van der Waals surface area (Å²) in [5, 5.41) is 7.69. The summed E-state index contributed by atoms with van der Waals surface area (Å²) < 4.78 is 18.3. The largest absolute Gasteiger partial charge is 0.495 e. The first-order valence-corrected chi connectivity index (χ1v) is 15.6. The number of hydrogen-bond acceptors (Lipinski definition) is 10. The van der Waals surface area contributed by atoms with Gasteiger partial charge < -0.3 is 34.6 Å². The highest BCUT2D eigenvalue weighted by Gasteiger charge is 2.23. The van der Waals surface area contributed by atoms with E-state index >= 15 is 0 Å². The lowest BCUT2D eigenvalue weighted by atomic mass is 10.0. The van der Waals surface area contributed by atoms with E-state index in [1.807, 2.05) is 53.7 Å². The van der Waals surface area contributed by atoms with E-state index in [0.717, 1.165) is 18.8 Å². The molecule has 4 heterocycles. The van der Waals surface area contributed by atoms with Crippen molar-refractivity contribution in [1.82, 2.24) is 24.3 Å². The van der Waals surface area contributed by atoms with Crippen molar-refractivity contribution in [3.63, 3.8) is 0 Å². The number of benzene rings is 2. The summed E-state index contributed by atoms with van der Waals surface area (Å²) in [4.78, 5) is 31.2. The average Bonchev–Trinajstić information content (AvgIpc) is 3.57. The van der Waals surface area contributed by atoms with Gasteiger partial charge in [0.05, 0.1) is 48.9 Å². The third-order valence-corrected chi connectivity index (χ3v) is 8.42. The van der Waals surface area contributed by atoms with Crippen molar-refractivity contribution in [2.24, 2.45) is 0 Å². The molecule has 3 aromatic heterocycles. The second kappa shape index (κ2) is 14.0. The van der Waals surface area contributed by atoms with Gasteiger partial charge in [-0.25, -0.2) is 9.97 Å². The van der Waals surface area contributed by atoms with Crippen LogP contribution in [0.25, 0.3) is 27.8 Å². The first kappa shape index (κ1) is 32.3. The standard InChI is InChI=1S/C33H34Cl2N8O4/c1-41(2)10-5-6-27(44)38-24-17-21(42-12-14-47-15-13-42)7-8-23(24)39-33-37-19-20-16-22(32-36-9-11-43(32)31(20)40-33)28-29(34)25(45-3)18-26(46-4)30(28)35/h5-9,11,16-19H,10,12-15H2,1-4H3,(H,38,44)(H,37,39,40)/b6-5+. The normalized spacial score (nSPS) is 13.6. The van der Waals surface area contributed by atoms with Crippen LogP contribution in [0.4, 0.5) is 23.0 Å². The predicted molar refractivity (Wildman–Crippen MR) is 186 cm³/mol. The van der Waals surface area contributed by atoms with Crippen molar-refractivity contribution in [3.05, 3.63) is 71.1 Å². The molecule has 14 heteroatoms. The van der Waals surface area contributed by atoms with Gasteiger partial charge in [-0.3, -0.25) is 9.20 Å². The van der Waals surface area contributed by atoms with E-state index < -0.39 is 0 Å². The van der Waals surface area contributed by atoms with E-state index in [2.05, 4.69) is 25.5 Å². The topological polar surface area (TPSA) is 118 Å². The number of amides is 1. The molecule has 0 aliphatic carbocycles. The van der Waals surface area contributed by atoms with Gasteiger partial charge in [0.15, 0.2) is 5.65 Å². The molecule has 1 saturated heterocycles. The molecule has 1 amide bonds. The number of carbonyl (C=O) groups excluding carboxylic acids is 1. The number of nitrogens with zero attached hydrogens (tertiary/aromatic N) is 6. The number of nitrogens with one attached hydrogen (secondary N) is 2. The molecule has 47 heavy (non-hydrogen) atoms. The van der Waals surface area contributed by atoms with Gasteiger partial charge in [0.2, 0.25) is 11.9 Å². The molecule has 0 radical (unpaired) electrons. The molecule has 5 aromatic rings. The molecule has 1 aliphatic rings. The summed E-state index contributed by atoms with van der Waals surface area (Å²) in [5.41, 5.74) is 4.56. The molecule has 0 bridgehead atoms. The number of morpholine rings is 1.